The quantitative estimate of drug-likeness (QED) is 0.525. The van der Waals surface area contributed by atoms with E-state index in [4.69, 9.17) is 0 Å². The molecular formula is C16H30. The zero-order valence-corrected chi connectivity index (χ0v) is 11.8. The van der Waals surface area contributed by atoms with Crippen LogP contribution in [-0.2, 0) is 0 Å². The zero-order chi connectivity index (χ0) is 12.1. The molecule has 0 saturated heterocycles. The van der Waals surface area contributed by atoms with E-state index in [-0.39, 0.29) is 0 Å². The summed E-state index contributed by atoms with van der Waals surface area (Å²) >= 11 is 0. The van der Waals surface area contributed by atoms with Crippen LogP contribution in [0.2, 0.25) is 0 Å². The lowest BCUT2D eigenvalue weighted by molar-refractivity contribution is 0.424. The highest BCUT2D eigenvalue weighted by Gasteiger charge is 2.23. The second kappa shape index (κ2) is 6.47. The SMILES string of the molecule is C=C(CCC1CCC(CC)C1)C(C)C(C)C. The molecule has 3 atom stereocenters. The normalized spacial score (nSPS) is 27.3. The summed E-state index contributed by atoms with van der Waals surface area (Å²) in [5.41, 5.74) is 1.48. The number of hydrogen-bond acceptors (Lipinski definition) is 0. The Morgan fingerprint density at radius 2 is 1.81 bits per heavy atom. The molecule has 0 aromatic carbocycles. The van der Waals surface area contributed by atoms with Gasteiger partial charge in [0.15, 0.2) is 0 Å². The lowest BCUT2D eigenvalue weighted by Crippen LogP contribution is -2.08. The molecule has 1 aliphatic rings. The van der Waals surface area contributed by atoms with Crippen molar-refractivity contribution in [1.82, 2.24) is 0 Å². The fourth-order valence-corrected chi connectivity index (χ4v) is 2.90. The van der Waals surface area contributed by atoms with E-state index < -0.39 is 0 Å². The van der Waals surface area contributed by atoms with Gasteiger partial charge in [0.2, 0.25) is 0 Å². The molecule has 1 rings (SSSR count). The third-order valence-electron chi connectivity index (χ3n) is 4.74. The maximum Gasteiger partial charge on any atom is -0.0211 e. The van der Waals surface area contributed by atoms with Crippen LogP contribution in [0.4, 0.5) is 0 Å². The molecule has 0 amide bonds. The summed E-state index contributed by atoms with van der Waals surface area (Å²) < 4.78 is 0. The maximum atomic E-state index is 4.28. The van der Waals surface area contributed by atoms with Gasteiger partial charge in [0.25, 0.3) is 0 Å². The first kappa shape index (κ1) is 13.8. The molecule has 0 aromatic rings. The third-order valence-corrected chi connectivity index (χ3v) is 4.74. The average Bonchev–Trinajstić information content (AvgIpc) is 2.72. The minimum atomic E-state index is 0.698. The number of rotatable bonds is 6. The van der Waals surface area contributed by atoms with Crippen LogP contribution < -0.4 is 0 Å². The molecule has 0 spiro atoms. The van der Waals surface area contributed by atoms with E-state index in [1.807, 2.05) is 0 Å². The predicted octanol–water partition coefficient (Wildman–Crippen LogP) is 5.44. The molecule has 94 valence electrons. The largest absolute Gasteiger partial charge is 0.0996 e. The molecule has 1 aliphatic carbocycles. The Morgan fingerprint density at radius 3 is 2.31 bits per heavy atom. The molecule has 1 fully saturated rings. The summed E-state index contributed by atoms with van der Waals surface area (Å²) in [6.45, 7) is 13.6. The minimum absolute atomic E-state index is 0.698. The van der Waals surface area contributed by atoms with Gasteiger partial charge >= 0.3 is 0 Å². The van der Waals surface area contributed by atoms with Crippen LogP contribution in [0, 0.1) is 23.7 Å². The van der Waals surface area contributed by atoms with Gasteiger partial charge < -0.3 is 0 Å². The van der Waals surface area contributed by atoms with Crippen LogP contribution in [0.3, 0.4) is 0 Å². The lowest BCUT2D eigenvalue weighted by atomic mass is 9.86. The van der Waals surface area contributed by atoms with Crippen LogP contribution in [0.1, 0.15) is 66.2 Å². The Labute approximate surface area is 103 Å². The molecule has 0 aromatic heterocycles. The van der Waals surface area contributed by atoms with E-state index in [1.54, 1.807) is 0 Å². The van der Waals surface area contributed by atoms with Gasteiger partial charge in [-0.05, 0) is 42.9 Å². The van der Waals surface area contributed by atoms with Crippen molar-refractivity contribution < 1.29 is 0 Å². The Morgan fingerprint density at radius 1 is 1.19 bits per heavy atom. The van der Waals surface area contributed by atoms with Crippen molar-refractivity contribution in [1.29, 1.82) is 0 Å². The standard InChI is InChI=1S/C16H30/c1-6-15-9-10-16(11-15)8-7-13(4)14(5)12(2)3/h12,14-16H,4,6-11H2,1-3,5H3. The Bertz CT molecular complexity index is 214. The Kier molecular flexibility index (Phi) is 5.58. The summed E-state index contributed by atoms with van der Waals surface area (Å²) in [7, 11) is 0. The minimum Gasteiger partial charge on any atom is -0.0996 e. The molecule has 0 radical (unpaired) electrons. The zero-order valence-electron chi connectivity index (χ0n) is 11.8. The summed E-state index contributed by atoms with van der Waals surface area (Å²) in [6, 6.07) is 0. The van der Waals surface area contributed by atoms with E-state index >= 15 is 0 Å². The molecule has 0 nitrogen and oxygen atoms in total. The van der Waals surface area contributed by atoms with Gasteiger partial charge in [-0.2, -0.15) is 0 Å². The summed E-state index contributed by atoms with van der Waals surface area (Å²) in [5, 5.41) is 0. The maximum absolute atomic E-state index is 4.28. The van der Waals surface area contributed by atoms with Crippen molar-refractivity contribution in [2.45, 2.75) is 66.2 Å². The van der Waals surface area contributed by atoms with E-state index in [0.29, 0.717) is 5.92 Å². The molecule has 0 bridgehead atoms. The first-order valence-electron chi connectivity index (χ1n) is 7.22. The first-order valence-corrected chi connectivity index (χ1v) is 7.22. The fraction of sp³-hybridized carbons (Fsp3) is 0.875. The van der Waals surface area contributed by atoms with Crippen LogP contribution in [0.25, 0.3) is 0 Å². The summed E-state index contributed by atoms with van der Waals surface area (Å²) in [4.78, 5) is 0. The van der Waals surface area contributed by atoms with Crippen LogP contribution in [-0.4, -0.2) is 0 Å². The van der Waals surface area contributed by atoms with Crippen LogP contribution in [0.5, 0.6) is 0 Å². The van der Waals surface area contributed by atoms with Gasteiger partial charge in [0, 0.05) is 0 Å². The molecule has 1 saturated carbocycles. The van der Waals surface area contributed by atoms with Gasteiger partial charge in [-0.25, -0.2) is 0 Å². The molecule has 0 heterocycles. The summed E-state index contributed by atoms with van der Waals surface area (Å²) in [5.74, 6) is 3.48. The smallest absolute Gasteiger partial charge is 0.0211 e. The molecule has 0 aliphatic heterocycles. The fourth-order valence-electron chi connectivity index (χ4n) is 2.90. The first-order chi connectivity index (χ1) is 7.54. The molecule has 3 unspecified atom stereocenters. The molecule has 16 heavy (non-hydrogen) atoms. The van der Waals surface area contributed by atoms with Gasteiger partial charge in [0.1, 0.15) is 0 Å². The van der Waals surface area contributed by atoms with Crippen molar-refractivity contribution in [2.24, 2.45) is 23.7 Å². The van der Waals surface area contributed by atoms with Crippen LogP contribution >= 0.6 is 0 Å². The number of hydrogen-bond donors (Lipinski definition) is 0. The monoisotopic (exact) mass is 222 g/mol. The van der Waals surface area contributed by atoms with E-state index in [9.17, 15) is 0 Å². The van der Waals surface area contributed by atoms with Crippen LogP contribution in [0.15, 0.2) is 12.2 Å². The van der Waals surface area contributed by atoms with Gasteiger partial charge in [-0.1, -0.05) is 59.1 Å². The number of allylic oxidation sites excluding steroid dienone is 1. The highest BCUT2D eigenvalue weighted by molar-refractivity contribution is 5.00. The van der Waals surface area contributed by atoms with Crippen molar-refractivity contribution >= 4 is 0 Å². The second-order valence-electron chi connectivity index (χ2n) is 6.18. The lowest BCUT2D eigenvalue weighted by Gasteiger charge is -2.20. The Hall–Kier alpha value is -0.260. The molecular weight excluding hydrogens is 192 g/mol. The summed E-state index contributed by atoms with van der Waals surface area (Å²) in [6.07, 6.45) is 8.49. The van der Waals surface area contributed by atoms with Crippen molar-refractivity contribution in [2.75, 3.05) is 0 Å². The van der Waals surface area contributed by atoms with E-state index in [2.05, 4.69) is 34.3 Å². The van der Waals surface area contributed by atoms with E-state index in [1.165, 1.54) is 44.1 Å². The average molecular weight is 222 g/mol. The predicted molar refractivity (Wildman–Crippen MR) is 73.5 cm³/mol. The third kappa shape index (κ3) is 3.96. The highest BCUT2D eigenvalue weighted by atomic mass is 14.3. The van der Waals surface area contributed by atoms with Gasteiger partial charge in [0.05, 0.1) is 0 Å². The topological polar surface area (TPSA) is 0 Å². The van der Waals surface area contributed by atoms with Crippen molar-refractivity contribution in [3.05, 3.63) is 12.2 Å². The van der Waals surface area contributed by atoms with E-state index in [0.717, 1.165) is 17.8 Å². The van der Waals surface area contributed by atoms with Gasteiger partial charge in [-0.3, -0.25) is 0 Å². The highest BCUT2D eigenvalue weighted by Crippen LogP contribution is 2.36. The second-order valence-corrected chi connectivity index (χ2v) is 6.18. The molecule has 0 heteroatoms. The van der Waals surface area contributed by atoms with Crippen molar-refractivity contribution in [3.63, 3.8) is 0 Å². The van der Waals surface area contributed by atoms with Crippen molar-refractivity contribution in [3.8, 4) is 0 Å². The Balaban J connectivity index is 2.22. The molecule has 0 N–H and O–H groups in total. The van der Waals surface area contributed by atoms with Gasteiger partial charge in [-0.15, -0.1) is 0 Å².